The van der Waals surface area contributed by atoms with E-state index >= 15 is 0 Å². The van der Waals surface area contributed by atoms with Gasteiger partial charge in [0.2, 0.25) is 0 Å². The molecule has 1 aliphatic rings. The number of unbranched alkanes of at least 4 members (excludes halogenated alkanes) is 10. The van der Waals surface area contributed by atoms with E-state index in [1.54, 1.807) is 6.92 Å². The maximum atomic E-state index is 12.5. The molecule has 296 valence electrons. The molecule has 0 saturated carbocycles. The lowest BCUT2D eigenvalue weighted by Crippen LogP contribution is -2.40. The Morgan fingerprint density at radius 1 is 0.778 bits per heavy atom. The van der Waals surface area contributed by atoms with Crippen LogP contribution in [0.5, 0.6) is 0 Å². The molecule has 8 nitrogen and oxygen atoms in total. The maximum Gasteiger partial charge on any atom is 0.303 e. The summed E-state index contributed by atoms with van der Waals surface area (Å²) < 4.78 is 18.6. The Morgan fingerprint density at radius 2 is 1.39 bits per heavy atom. The van der Waals surface area contributed by atoms with Crippen LogP contribution in [0, 0.1) is 0 Å². The molecule has 1 amide bonds. The molecule has 0 bridgehead atoms. The van der Waals surface area contributed by atoms with Gasteiger partial charge in [0.15, 0.2) is 12.4 Å². The summed E-state index contributed by atoms with van der Waals surface area (Å²) in [6.07, 6.45) is 14.7. The smallest absolute Gasteiger partial charge is 0.303 e. The zero-order valence-corrected chi connectivity index (χ0v) is 33.4. The van der Waals surface area contributed by atoms with Gasteiger partial charge in [0.05, 0.1) is 18.8 Å². The van der Waals surface area contributed by atoms with E-state index in [4.69, 9.17) is 14.2 Å². The average Bonchev–Trinajstić information content (AvgIpc) is 3.19. The summed E-state index contributed by atoms with van der Waals surface area (Å²) in [7, 11) is 0. The first-order valence-electron chi connectivity index (χ1n) is 20.7. The van der Waals surface area contributed by atoms with Crippen molar-refractivity contribution in [3.63, 3.8) is 0 Å². The van der Waals surface area contributed by atoms with Gasteiger partial charge in [0.1, 0.15) is 0 Å². The van der Waals surface area contributed by atoms with Crippen molar-refractivity contribution in [3.8, 4) is 11.1 Å². The van der Waals surface area contributed by atoms with E-state index in [9.17, 15) is 14.7 Å². The topological polar surface area (TPSA) is 97.3 Å². The largest absolute Gasteiger partial charge is 0.453 e. The summed E-state index contributed by atoms with van der Waals surface area (Å²) in [6, 6.07) is 24.5. The van der Waals surface area contributed by atoms with Crippen molar-refractivity contribution in [1.29, 1.82) is 0 Å². The summed E-state index contributed by atoms with van der Waals surface area (Å²) in [4.78, 5) is 26.4. The fourth-order valence-electron chi connectivity index (χ4n) is 7.21. The number of aliphatic hydroxyl groups is 1. The highest BCUT2D eigenvalue weighted by molar-refractivity contribution is 5.82. The third-order valence-electron chi connectivity index (χ3n) is 10.3. The van der Waals surface area contributed by atoms with Gasteiger partial charge in [-0.3, -0.25) is 9.59 Å². The number of carbonyl (C=O) groups is 2. The lowest BCUT2D eigenvalue weighted by molar-refractivity contribution is -0.253. The first kappa shape index (κ1) is 43.2. The van der Waals surface area contributed by atoms with Crippen LogP contribution in [0.3, 0.4) is 0 Å². The van der Waals surface area contributed by atoms with Gasteiger partial charge in [-0.1, -0.05) is 139 Å². The Hall–Kier alpha value is -3.56. The van der Waals surface area contributed by atoms with E-state index in [2.05, 4.69) is 66.5 Å². The minimum Gasteiger partial charge on any atom is -0.453 e. The molecule has 4 atom stereocenters. The minimum absolute atomic E-state index is 0.00332. The van der Waals surface area contributed by atoms with E-state index in [1.165, 1.54) is 84.0 Å². The van der Waals surface area contributed by atoms with Crippen molar-refractivity contribution >= 4 is 11.9 Å². The first-order chi connectivity index (χ1) is 26.3. The molecule has 1 heterocycles. The van der Waals surface area contributed by atoms with Crippen molar-refractivity contribution < 1.29 is 28.9 Å². The Labute approximate surface area is 325 Å². The van der Waals surface area contributed by atoms with Crippen LogP contribution in [0.2, 0.25) is 0 Å². The molecule has 3 aromatic rings. The highest BCUT2D eigenvalue weighted by atomic mass is 16.7. The predicted molar refractivity (Wildman–Crippen MR) is 217 cm³/mol. The lowest BCUT2D eigenvalue weighted by atomic mass is 9.98. The van der Waals surface area contributed by atoms with Crippen molar-refractivity contribution in [1.82, 2.24) is 10.2 Å². The SMILES string of the molecule is CCCCCCCCN(CCCCCCCC)CC1CC(c2ccc(CO)cc2)OC(c2cccc(-c3cccc(CNC(=O)C(C)OC(C)=O)c3)c2)O1. The molecule has 0 radical (unpaired) electrons. The number of nitrogens with one attached hydrogen (secondary N) is 1. The zero-order valence-electron chi connectivity index (χ0n) is 33.4. The molecule has 3 aromatic carbocycles. The number of hydrogen-bond acceptors (Lipinski definition) is 7. The standard InChI is InChI=1S/C46H66N2O6/c1-5-7-9-11-13-15-27-48(28-16-14-12-10-8-6-2)33-43-31-44(39-25-23-37(34-49)24-26-39)54-46(53-43)42-22-18-21-41(30-42)40-20-17-19-38(29-40)32-47-45(51)35(3)52-36(4)50/h17-26,29-30,35,43-44,46,49H,5-16,27-28,31-34H2,1-4H3,(H,47,51). The molecule has 2 N–H and O–H groups in total. The second kappa shape index (κ2) is 24.1. The van der Waals surface area contributed by atoms with Gasteiger partial charge in [0, 0.05) is 32.0 Å². The average molecular weight is 743 g/mol. The van der Waals surface area contributed by atoms with E-state index < -0.39 is 18.4 Å². The number of esters is 1. The minimum atomic E-state index is -0.851. The summed E-state index contributed by atoms with van der Waals surface area (Å²) in [5.41, 5.74) is 5.92. The van der Waals surface area contributed by atoms with Gasteiger partial charge in [-0.05, 0) is 72.8 Å². The second-order valence-electron chi connectivity index (χ2n) is 15.0. The van der Waals surface area contributed by atoms with Gasteiger partial charge in [-0.25, -0.2) is 0 Å². The zero-order chi connectivity index (χ0) is 38.5. The van der Waals surface area contributed by atoms with Gasteiger partial charge >= 0.3 is 5.97 Å². The number of carbonyl (C=O) groups excluding carboxylic acids is 2. The maximum absolute atomic E-state index is 12.5. The van der Waals surface area contributed by atoms with Crippen LogP contribution in [-0.2, 0) is 37.0 Å². The predicted octanol–water partition coefficient (Wildman–Crippen LogP) is 9.98. The number of nitrogens with zero attached hydrogens (tertiary/aromatic N) is 1. The molecule has 0 spiro atoms. The van der Waals surface area contributed by atoms with Crippen molar-refractivity contribution in [3.05, 3.63) is 95.1 Å². The fourth-order valence-corrected chi connectivity index (χ4v) is 7.21. The Balaban J connectivity index is 1.50. The van der Waals surface area contributed by atoms with Crippen LogP contribution in [0.4, 0.5) is 0 Å². The molecule has 1 aliphatic heterocycles. The molecular formula is C46H66N2O6. The monoisotopic (exact) mass is 742 g/mol. The molecule has 1 saturated heterocycles. The molecular weight excluding hydrogens is 677 g/mol. The third kappa shape index (κ3) is 14.9. The Kier molecular flexibility index (Phi) is 19.2. The third-order valence-corrected chi connectivity index (χ3v) is 10.3. The number of amides is 1. The molecule has 4 unspecified atom stereocenters. The normalized spacial score (nSPS) is 17.7. The quantitative estimate of drug-likeness (QED) is 0.0697. The first-order valence-corrected chi connectivity index (χ1v) is 20.7. The molecule has 8 heteroatoms. The van der Waals surface area contributed by atoms with E-state index in [1.807, 2.05) is 30.3 Å². The molecule has 1 fully saturated rings. The van der Waals surface area contributed by atoms with E-state index in [-0.39, 0.29) is 24.7 Å². The molecule has 0 aliphatic carbocycles. The fraction of sp³-hybridized carbons (Fsp3) is 0.565. The Morgan fingerprint density at radius 3 is 2.02 bits per heavy atom. The van der Waals surface area contributed by atoms with Gasteiger partial charge in [0.25, 0.3) is 5.91 Å². The number of benzene rings is 3. The van der Waals surface area contributed by atoms with Gasteiger partial charge < -0.3 is 29.5 Å². The van der Waals surface area contributed by atoms with E-state index in [0.29, 0.717) is 6.54 Å². The summed E-state index contributed by atoms with van der Waals surface area (Å²) >= 11 is 0. The van der Waals surface area contributed by atoms with Crippen LogP contribution >= 0.6 is 0 Å². The van der Waals surface area contributed by atoms with Crippen molar-refractivity contribution in [2.24, 2.45) is 0 Å². The van der Waals surface area contributed by atoms with Crippen LogP contribution in [0.1, 0.15) is 146 Å². The van der Waals surface area contributed by atoms with Crippen LogP contribution in [-0.4, -0.2) is 53.7 Å². The van der Waals surface area contributed by atoms with Crippen molar-refractivity contribution in [2.75, 3.05) is 19.6 Å². The highest BCUT2D eigenvalue weighted by Crippen LogP contribution is 2.39. The highest BCUT2D eigenvalue weighted by Gasteiger charge is 2.33. The number of ether oxygens (including phenoxy) is 3. The van der Waals surface area contributed by atoms with Gasteiger partial charge in [-0.2, -0.15) is 0 Å². The summed E-state index contributed by atoms with van der Waals surface area (Å²) in [5, 5.41) is 12.6. The Bertz CT molecular complexity index is 1510. The van der Waals surface area contributed by atoms with Crippen LogP contribution < -0.4 is 5.32 Å². The molecule has 0 aromatic heterocycles. The number of rotatable bonds is 24. The van der Waals surface area contributed by atoms with Crippen LogP contribution in [0.25, 0.3) is 11.1 Å². The van der Waals surface area contributed by atoms with Crippen LogP contribution in [0.15, 0.2) is 72.8 Å². The van der Waals surface area contributed by atoms with Gasteiger partial charge in [-0.15, -0.1) is 0 Å². The molecule has 54 heavy (non-hydrogen) atoms. The number of aliphatic hydroxyl groups excluding tert-OH is 1. The number of hydrogen-bond donors (Lipinski definition) is 2. The summed E-state index contributed by atoms with van der Waals surface area (Å²) in [5.74, 6) is -0.821. The van der Waals surface area contributed by atoms with Crippen molar-refractivity contribution in [2.45, 2.75) is 149 Å². The van der Waals surface area contributed by atoms with E-state index in [0.717, 1.165) is 59.4 Å². The second-order valence-corrected chi connectivity index (χ2v) is 15.0. The lowest BCUT2D eigenvalue weighted by Gasteiger charge is -2.38. The molecule has 4 rings (SSSR count). The summed E-state index contributed by atoms with van der Waals surface area (Å²) in [6.45, 7) is 10.8.